The van der Waals surface area contributed by atoms with Crippen LogP contribution in [-0.2, 0) is 4.79 Å². The van der Waals surface area contributed by atoms with Crippen LogP contribution >= 0.6 is 0 Å². The van der Waals surface area contributed by atoms with Crippen molar-refractivity contribution in [3.8, 4) is 5.75 Å². The van der Waals surface area contributed by atoms with Crippen LogP contribution in [0.2, 0.25) is 0 Å². The van der Waals surface area contributed by atoms with Gasteiger partial charge in [-0.2, -0.15) is 0 Å². The van der Waals surface area contributed by atoms with Crippen molar-refractivity contribution >= 4 is 17.4 Å². The van der Waals surface area contributed by atoms with Gasteiger partial charge in [-0.25, -0.2) is 0 Å². The zero-order chi connectivity index (χ0) is 24.5. The van der Waals surface area contributed by atoms with E-state index in [1.807, 2.05) is 20.8 Å². The monoisotopic (exact) mass is 448 g/mol. The average molecular weight is 449 g/mol. The highest BCUT2D eigenvalue weighted by Gasteiger charge is 2.28. The predicted octanol–water partition coefficient (Wildman–Crippen LogP) is 3.86. The number of rotatable bonds is 13. The molecule has 7 nitrogen and oxygen atoms in total. The summed E-state index contributed by atoms with van der Waals surface area (Å²) in [5, 5.41) is 6.36. The van der Waals surface area contributed by atoms with Gasteiger partial charge >= 0.3 is 0 Å². The smallest absolute Gasteiger partial charge is 0.241 e. The lowest BCUT2D eigenvalue weighted by atomic mass is 9.93. The van der Waals surface area contributed by atoms with E-state index in [1.165, 1.54) is 0 Å². The van der Waals surface area contributed by atoms with Gasteiger partial charge < -0.3 is 26.8 Å². The molecule has 0 aliphatic carbocycles. The van der Waals surface area contributed by atoms with Gasteiger partial charge in [0, 0.05) is 11.2 Å². The molecular weight excluding hydrogens is 404 g/mol. The number of unbranched alkanes of at least 4 members (excludes halogenated alkanes) is 2. The summed E-state index contributed by atoms with van der Waals surface area (Å²) in [5.41, 5.74) is 11.3. The summed E-state index contributed by atoms with van der Waals surface area (Å²) in [4.78, 5) is 26.0. The van der Waals surface area contributed by atoms with E-state index in [0.717, 1.165) is 19.3 Å². The van der Waals surface area contributed by atoms with Crippen molar-refractivity contribution in [1.29, 1.82) is 0 Å². The van der Waals surface area contributed by atoms with E-state index in [4.69, 9.17) is 16.2 Å². The Morgan fingerprint density at radius 3 is 2.25 bits per heavy atom. The molecule has 0 bridgehead atoms. The summed E-state index contributed by atoms with van der Waals surface area (Å²) >= 11 is 0. The van der Waals surface area contributed by atoms with Crippen LogP contribution < -0.4 is 26.8 Å². The molecule has 32 heavy (non-hydrogen) atoms. The molecule has 0 fully saturated rings. The van der Waals surface area contributed by atoms with Gasteiger partial charge in [-0.1, -0.05) is 13.8 Å². The van der Waals surface area contributed by atoms with Gasteiger partial charge in [0.15, 0.2) is 5.78 Å². The molecule has 0 heterocycles. The largest absolute Gasteiger partial charge is 0.493 e. The van der Waals surface area contributed by atoms with E-state index in [-0.39, 0.29) is 23.3 Å². The Kier molecular flexibility index (Phi) is 10.8. The van der Waals surface area contributed by atoms with Gasteiger partial charge in [0.25, 0.3) is 0 Å². The van der Waals surface area contributed by atoms with Gasteiger partial charge in [0.05, 0.1) is 23.8 Å². The molecule has 1 aromatic carbocycles. The average Bonchev–Trinajstić information content (AvgIpc) is 2.65. The van der Waals surface area contributed by atoms with Crippen LogP contribution in [-0.4, -0.2) is 42.0 Å². The van der Waals surface area contributed by atoms with Gasteiger partial charge in [-0.3, -0.25) is 9.59 Å². The topological polar surface area (TPSA) is 119 Å². The van der Waals surface area contributed by atoms with E-state index < -0.39 is 5.54 Å². The second-order valence-corrected chi connectivity index (χ2v) is 10.5. The van der Waals surface area contributed by atoms with Gasteiger partial charge in [0.2, 0.25) is 5.91 Å². The molecule has 1 unspecified atom stereocenters. The highest BCUT2D eigenvalue weighted by Crippen LogP contribution is 2.27. The quantitative estimate of drug-likeness (QED) is 0.269. The molecule has 1 atom stereocenters. The number of hydrogen-bond acceptors (Lipinski definition) is 6. The molecule has 0 aromatic heterocycles. The fourth-order valence-electron chi connectivity index (χ4n) is 3.32. The number of carbonyl (C=O) groups is 2. The van der Waals surface area contributed by atoms with E-state index in [1.54, 1.807) is 32.0 Å². The van der Waals surface area contributed by atoms with Crippen LogP contribution in [0.25, 0.3) is 0 Å². The fraction of sp³-hybridized carbons (Fsp3) is 0.680. The maximum absolute atomic E-state index is 13.0. The first-order chi connectivity index (χ1) is 14.7. The van der Waals surface area contributed by atoms with Gasteiger partial charge in [0.1, 0.15) is 5.75 Å². The summed E-state index contributed by atoms with van der Waals surface area (Å²) in [6.07, 6.45) is 3.46. The zero-order valence-electron chi connectivity index (χ0n) is 21.0. The zero-order valence-corrected chi connectivity index (χ0v) is 21.0. The van der Waals surface area contributed by atoms with Crippen molar-refractivity contribution in [2.75, 3.05) is 18.5 Å². The Morgan fingerprint density at radius 1 is 1.06 bits per heavy atom. The first-order valence-corrected chi connectivity index (χ1v) is 11.6. The predicted molar refractivity (Wildman–Crippen MR) is 132 cm³/mol. The Bertz CT molecular complexity index is 749. The number of ether oxygens (including phenoxy) is 1. The second-order valence-electron chi connectivity index (χ2n) is 10.5. The summed E-state index contributed by atoms with van der Waals surface area (Å²) in [5.74, 6) is 0.461. The van der Waals surface area contributed by atoms with E-state index in [2.05, 4.69) is 24.5 Å². The number of amides is 1. The lowest BCUT2D eigenvalue weighted by Gasteiger charge is -2.29. The minimum atomic E-state index is -1.06. The third-order valence-electron chi connectivity index (χ3n) is 4.81. The fourth-order valence-corrected chi connectivity index (χ4v) is 3.32. The Hall–Kier alpha value is -1.96. The number of nitrogens with one attached hydrogen (secondary N) is 2. The van der Waals surface area contributed by atoms with Crippen molar-refractivity contribution in [1.82, 2.24) is 5.32 Å². The molecule has 0 saturated heterocycles. The van der Waals surface area contributed by atoms with Crippen LogP contribution in [0.1, 0.15) is 84.5 Å². The minimum Gasteiger partial charge on any atom is -0.493 e. The lowest BCUT2D eigenvalue weighted by molar-refractivity contribution is -0.119. The standard InChI is InChI=1S/C25H44N4O3/c1-17(2)15-20(29-24(3,4)5)23(31)28-18-11-12-21(32-14-10-8-9-13-26)19(16-18)22(30)25(6,7)27/h11-12,16-17,20,29H,8-10,13-15,26-27H2,1-7H3,(H,28,31). The number of nitrogens with two attached hydrogens (primary N) is 2. The highest BCUT2D eigenvalue weighted by molar-refractivity contribution is 6.06. The van der Waals surface area contributed by atoms with Gasteiger partial charge in [-0.05, 0) is 91.0 Å². The summed E-state index contributed by atoms with van der Waals surface area (Å²) in [6, 6.07) is 4.80. The Balaban J connectivity index is 3.09. The molecule has 6 N–H and O–H groups in total. The molecular formula is C25H44N4O3. The van der Waals surface area contributed by atoms with Crippen LogP contribution in [0, 0.1) is 5.92 Å². The molecule has 0 aliphatic rings. The first kappa shape index (κ1) is 28.1. The molecule has 1 aromatic rings. The Labute approximate surface area is 194 Å². The van der Waals surface area contributed by atoms with Gasteiger partial charge in [-0.15, -0.1) is 0 Å². The van der Waals surface area contributed by atoms with Crippen LogP contribution in [0.3, 0.4) is 0 Å². The molecule has 0 saturated carbocycles. The number of hydrogen-bond donors (Lipinski definition) is 4. The number of carbonyl (C=O) groups excluding carboxylic acids is 2. The van der Waals surface area contributed by atoms with Crippen molar-refractivity contribution in [2.45, 2.75) is 91.3 Å². The Morgan fingerprint density at radius 2 is 1.72 bits per heavy atom. The van der Waals surface area contributed by atoms with E-state index in [0.29, 0.717) is 42.5 Å². The highest BCUT2D eigenvalue weighted by atomic mass is 16.5. The summed E-state index contributed by atoms with van der Waals surface area (Å²) in [7, 11) is 0. The van der Waals surface area contributed by atoms with E-state index >= 15 is 0 Å². The number of anilines is 1. The second kappa shape index (κ2) is 12.3. The number of ketones is 1. The third-order valence-corrected chi connectivity index (χ3v) is 4.81. The molecule has 7 heteroatoms. The van der Waals surface area contributed by atoms with Crippen LogP contribution in [0.4, 0.5) is 5.69 Å². The molecule has 1 rings (SSSR count). The van der Waals surface area contributed by atoms with Crippen molar-refractivity contribution in [2.24, 2.45) is 17.4 Å². The maximum Gasteiger partial charge on any atom is 0.241 e. The minimum absolute atomic E-state index is 0.130. The number of Topliss-reactive ketones (excluding diaryl/α,β-unsaturated/α-hetero) is 1. The lowest BCUT2D eigenvalue weighted by Crippen LogP contribution is -2.50. The molecule has 182 valence electrons. The normalized spacial score (nSPS) is 13.2. The third kappa shape index (κ3) is 10.1. The summed E-state index contributed by atoms with van der Waals surface area (Å²) < 4.78 is 5.88. The summed E-state index contributed by atoms with van der Waals surface area (Å²) in [6.45, 7) is 14.8. The van der Waals surface area contributed by atoms with E-state index in [9.17, 15) is 9.59 Å². The molecule has 0 spiro atoms. The SMILES string of the molecule is CC(C)CC(NC(C)(C)C)C(=O)Nc1ccc(OCCCCCN)c(C(=O)C(C)(C)N)c1. The molecule has 0 aliphatic heterocycles. The van der Waals surface area contributed by atoms with Crippen molar-refractivity contribution in [3.05, 3.63) is 23.8 Å². The molecule has 0 radical (unpaired) electrons. The van der Waals surface area contributed by atoms with Crippen LogP contribution in [0.15, 0.2) is 18.2 Å². The molecule has 1 amide bonds. The number of benzene rings is 1. The maximum atomic E-state index is 13.0. The first-order valence-electron chi connectivity index (χ1n) is 11.6. The van der Waals surface area contributed by atoms with Crippen molar-refractivity contribution in [3.63, 3.8) is 0 Å². The van der Waals surface area contributed by atoms with Crippen LogP contribution in [0.5, 0.6) is 5.75 Å². The van der Waals surface area contributed by atoms with Crippen molar-refractivity contribution < 1.29 is 14.3 Å².